The van der Waals surface area contributed by atoms with Crippen molar-refractivity contribution in [3.8, 4) is 0 Å². The topological polar surface area (TPSA) is 156 Å². The van der Waals surface area contributed by atoms with E-state index in [2.05, 4.69) is 14.7 Å². The molecule has 4 rings (SSSR count). The molecule has 2 aromatic heterocycles. The Hall–Kier alpha value is -3.27. The number of nitrogens with zero attached hydrogens (tertiary/aromatic N) is 3. The number of thiophene rings is 1. The first-order valence-electron chi connectivity index (χ1n) is 10.3. The lowest BCUT2D eigenvalue weighted by atomic mass is 10.1. The largest absolute Gasteiger partial charge is 0.490 e. The number of sulfonamides is 1. The summed E-state index contributed by atoms with van der Waals surface area (Å²) in [5.74, 6) is -2.61. The van der Waals surface area contributed by atoms with Gasteiger partial charge in [-0.05, 0) is 42.3 Å². The molecule has 3 heterocycles. The molecule has 0 bridgehead atoms. The summed E-state index contributed by atoms with van der Waals surface area (Å²) in [7, 11) is -3.76. The van der Waals surface area contributed by atoms with E-state index in [0.29, 0.717) is 40.1 Å². The monoisotopic (exact) mass is 577 g/mol. The van der Waals surface area contributed by atoms with Crippen LogP contribution in [0.3, 0.4) is 0 Å². The third-order valence-corrected chi connectivity index (χ3v) is 7.26. The van der Waals surface area contributed by atoms with E-state index in [4.69, 9.17) is 27.2 Å². The highest BCUT2D eigenvalue weighted by atomic mass is 35.5. The molecule has 1 fully saturated rings. The van der Waals surface area contributed by atoms with Gasteiger partial charge in [0.15, 0.2) is 0 Å². The van der Waals surface area contributed by atoms with Crippen molar-refractivity contribution in [2.75, 3.05) is 12.3 Å². The molecule has 1 aliphatic rings. The second-order valence-corrected chi connectivity index (χ2v) is 11.0. The van der Waals surface area contributed by atoms with Crippen molar-refractivity contribution in [1.82, 2.24) is 19.6 Å². The SMILES string of the molecule is Nc1ncnc2cc(CN3CC[C@H](NS(=O)(=O)C=Cc4ccc(Cl)s4)C3=O)ccc12.O=C(O)C(F)(F)F. The van der Waals surface area contributed by atoms with Gasteiger partial charge in [-0.15, -0.1) is 11.3 Å². The minimum atomic E-state index is -5.08. The molecule has 10 nitrogen and oxygen atoms in total. The molecule has 1 aliphatic heterocycles. The van der Waals surface area contributed by atoms with E-state index in [1.165, 1.54) is 23.7 Å². The standard InChI is InChI=1S/C19H18ClN5O3S2.C2HF3O2/c20-17-4-2-13(29-17)6-8-30(27,28)24-15-5-7-25(19(15)26)10-12-1-3-14-16(9-12)22-11-23-18(14)21;3-2(4,5)1(6)7/h1-4,6,8-9,11,15,24H,5,7,10H2,(H2,21,22,23);(H,6,7)/t15-;/m0./s1. The number of likely N-dealkylation sites (tertiary alicyclic amines) is 1. The Morgan fingerprint density at radius 2 is 2.00 bits per heavy atom. The van der Waals surface area contributed by atoms with Crippen LogP contribution in [0.2, 0.25) is 4.34 Å². The van der Waals surface area contributed by atoms with Crippen molar-refractivity contribution in [3.05, 3.63) is 56.8 Å². The van der Waals surface area contributed by atoms with E-state index in [9.17, 15) is 26.4 Å². The van der Waals surface area contributed by atoms with Gasteiger partial charge in [-0.25, -0.2) is 23.2 Å². The van der Waals surface area contributed by atoms with Crippen LogP contribution in [-0.2, 0) is 26.2 Å². The maximum atomic E-state index is 12.7. The van der Waals surface area contributed by atoms with Gasteiger partial charge in [0, 0.05) is 28.8 Å². The lowest BCUT2D eigenvalue weighted by Gasteiger charge is -2.17. The molecule has 0 spiro atoms. The average Bonchev–Trinajstić information content (AvgIpc) is 3.38. The molecular weight excluding hydrogens is 559 g/mol. The van der Waals surface area contributed by atoms with Gasteiger partial charge < -0.3 is 15.7 Å². The summed E-state index contributed by atoms with van der Waals surface area (Å²) in [4.78, 5) is 32.1. The van der Waals surface area contributed by atoms with E-state index < -0.39 is 28.2 Å². The number of nitrogen functional groups attached to an aromatic ring is 1. The van der Waals surface area contributed by atoms with E-state index >= 15 is 0 Å². The Morgan fingerprint density at radius 1 is 1.30 bits per heavy atom. The number of hydrogen-bond acceptors (Lipinski definition) is 8. The van der Waals surface area contributed by atoms with Crippen LogP contribution in [0, 0.1) is 0 Å². The number of nitrogens with two attached hydrogens (primary N) is 1. The lowest BCUT2D eigenvalue weighted by Crippen LogP contribution is -2.40. The molecule has 0 unspecified atom stereocenters. The highest BCUT2D eigenvalue weighted by Gasteiger charge is 2.38. The van der Waals surface area contributed by atoms with Crippen LogP contribution in [0.4, 0.5) is 19.0 Å². The molecule has 3 aromatic rings. The molecular formula is C21H19ClF3N5O5S2. The van der Waals surface area contributed by atoms with Crippen LogP contribution < -0.4 is 10.5 Å². The molecule has 198 valence electrons. The number of hydrogen-bond donors (Lipinski definition) is 3. The van der Waals surface area contributed by atoms with E-state index in [0.717, 1.165) is 16.4 Å². The second-order valence-electron chi connectivity index (χ2n) is 7.62. The first-order chi connectivity index (χ1) is 17.2. The lowest BCUT2D eigenvalue weighted by molar-refractivity contribution is -0.192. The summed E-state index contributed by atoms with van der Waals surface area (Å²) < 4.78 is 59.4. The Morgan fingerprint density at radius 3 is 2.62 bits per heavy atom. The van der Waals surface area contributed by atoms with Gasteiger partial charge >= 0.3 is 12.1 Å². The number of aromatic nitrogens is 2. The number of carbonyl (C=O) groups excluding carboxylic acids is 1. The summed E-state index contributed by atoms with van der Waals surface area (Å²) in [5.41, 5.74) is 7.42. The first kappa shape index (κ1) is 28.3. The minimum absolute atomic E-state index is 0.256. The third-order valence-electron chi connectivity index (χ3n) is 4.96. The zero-order valence-corrected chi connectivity index (χ0v) is 21.0. The number of carboxylic acid groups (broad SMARTS) is 1. The highest BCUT2D eigenvalue weighted by molar-refractivity contribution is 7.92. The van der Waals surface area contributed by atoms with Crippen molar-refractivity contribution in [2.45, 2.75) is 25.2 Å². The van der Waals surface area contributed by atoms with Gasteiger partial charge in [0.2, 0.25) is 15.9 Å². The summed E-state index contributed by atoms with van der Waals surface area (Å²) in [5, 5.41) is 8.93. The van der Waals surface area contributed by atoms with Crippen LogP contribution in [0.1, 0.15) is 16.9 Å². The van der Waals surface area contributed by atoms with E-state index in [-0.39, 0.29) is 5.91 Å². The molecule has 1 amide bonds. The number of fused-ring (bicyclic) bond motifs is 1. The minimum Gasteiger partial charge on any atom is -0.475 e. The van der Waals surface area contributed by atoms with Gasteiger partial charge in [0.05, 0.1) is 9.85 Å². The Bertz CT molecular complexity index is 1450. The first-order valence-corrected chi connectivity index (χ1v) is 13.0. The smallest absolute Gasteiger partial charge is 0.475 e. The molecule has 16 heteroatoms. The zero-order valence-electron chi connectivity index (χ0n) is 18.6. The van der Waals surface area contributed by atoms with Crippen LogP contribution in [0.25, 0.3) is 17.0 Å². The van der Waals surface area contributed by atoms with Gasteiger partial charge in [-0.2, -0.15) is 17.9 Å². The van der Waals surface area contributed by atoms with Crippen LogP contribution >= 0.6 is 22.9 Å². The number of alkyl halides is 3. The fraction of sp³-hybridized carbons (Fsp3) is 0.238. The van der Waals surface area contributed by atoms with Gasteiger partial charge in [-0.1, -0.05) is 17.7 Å². The maximum absolute atomic E-state index is 12.7. The van der Waals surface area contributed by atoms with Crippen LogP contribution in [-0.4, -0.2) is 59.0 Å². The van der Waals surface area contributed by atoms with Crippen molar-refractivity contribution in [3.63, 3.8) is 0 Å². The summed E-state index contributed by atoms with van der Waals surface area (Å²) in [6.45, 7) is 0.820. The highest BCUT2D eigenvalue weighted by Crippen LogP contribution is 2.23. The molecule has 4 N–H and O–H groups in total. The normalized spacial score (nSPS) is 16.3. The second kappa shape index (κ2) is 11.4. The number of carboxylic acids is 1. The number of amides is 1. The molecule has 37 heavy (non-hydrogen) atoms. The number of aliphatic carboxylic acids is 1. The Balaban J connectivity index is 0.000000479. The number of carbonyl (C=O) groups is 2. The molecule has 0 saturated carbocycles. The van der Waals surface area contributed by atoms with E-state index in [1.807, 2.05) is 18.2 Å². The summed E-state index contributed by atoms with van der Waals surface area (Å²) >= 11 is 7.11. The zero-order chi connectivity index (χ0) is 27.4. The Kier molecular flexibility index (Phi) is 8.73. The molecule has 1 saturated heterocycles. The molecule has 0 aliphatic carbocycles. The van der Waals surface area contributed by atoms with Crippen molar-refractivity contribution < 1.29 is 36.3 Å². The van der Waals surface area contributed by atoms with Crippen LogP contribution in [0.15, 0.2) is 42.1 Å². The fourth-order valence-corrected chi connectivity index (χ4v) is 5.33. The van der Waals surface area contributed by atoms with Crippen molar-refractivity contribution >= 4 is 67.6 Å². The van der Waals surface area contributed by atoms with Gasteiger partial charge in [-0.3, -0.25) is 4.79 Å². The number of halogens is 4. The molecule has 1 aromatic carbocycles. The number of rotatable bonds is 6. The van der Waals surface area contributed by atoms with Crippen molar-refractivity contribution in [2.24, 2.45) is 0 Å². The number of nitrogens with one attached hydrogen (secondary N) is 1. The van der Waals surface area contributed by atoms with Crippen molar-refractivity contribution in [1.29, 1.82) is 0 Å². The molecule has 1 atom stereocenters. The number of anilines is 1. The summed E-state index contributed by atoms with van der Waals surface area (Å²) in [6, 6.07) is 8.17. The fourth-order valence-electron chi connectivity index (χ4n) is 3.26. The molecule has 0 radical (unpaired) electrons. The average molecular weight is 578 g/mol. The predicted molar refractivity (Wildman–Crippen MR) is 132 cm³/mol. The quantitative estimate of drug-likeness (QED) is 0.403. The third kappa shape index (κ3) is 7.85. The number of benzene rings is 1. The van der Waals surface area contributed by atoms with Gasteiger partial charge in [0.1, 0.15) is 18.2 Å². The maximum Gasteiger partial charge on any atom is 0.490 e. The predicted octanol–water partition coefficient (Wildman–Crippen LogP) is 3.25. The Labute approximate surface area is 217 Å². The van der Waals surface area contributed by atoms with Gasteiger partial charge in [0.25, 0.3) is 0 Å². The van der Waals surface area contributed by atoms with E-state index in [1.54, 1.807) is 17.0 Å². The van der Waals surface area contributed by atoms with Crippen LogP contribution in [0.5, 0.6) is 0 Å². The summed E-state index contributed by atoms with van der Waals surface area (Å²) in [6.07, 6.45) is -1.83.